The van der Waals surface area contributed by atoms with Crippen LogP contribution in [0.4, 0.5) is 5.88 Å². The van der Waals surface area contributed by atoms with Crippen LogP contribution in [-0.4, -0.2) is 26.3 Å². The molecule has 0 atom stereocenters. The fourth-order valence-electron chi connectivity index (χ4n) is 1.72. The Bertz CT molecular complexity index is 603. The van der Waals surface area contributed by atoms with Crippen molar-refractivity contribution < 1.29 is 23.6 Å². The summed E-state index contributed by atoms with van der Waals surface area (Å²) >= 11 is 0. The van der Waals surface area contributed by atoms with E-state index in [9.17, 15) is 10.1 Å². The summed E-state index contributed by atoms with van der Waals surface area (Å²) in [4.78, 5) is 10.1. The third-order valence-corrected chi connectivity index (χ3v) is 2.50. The topological polar surface area (TPSA) is 84.0 Å². The summed E-state index contributed by atoms with van der Waals surface area (Å²) in [6.45, 7) is 0. The van der Waals surface area contributed by atoms with Crippen molar-refractivity contribution in [1.29, 1.82) is 0 Å². The van der Waals surface area contributed by atoms with Crippen molar-refractivity contribution in [3.63, 3.8) is 0 Å². The zero-order valence-corrected chi connectivity index (χ0v) is 10.1. The highest BCUT2D eigenvalue weighted by Gasteiger charge is 2.23. The molecule has 96 valence electrons. The number of fused-ring (bicyclic) bond motifs is 1. The van der Waals surface area contributed by atoms with Gasteiger partial charge in [0.05, 0.1) is 32.8 Å². The summed E-state index contributed by atoms with van der Waals surface area (Å²) in [6.07, 6.45) is 0. The van der Waals surface area contributed by atoms with Crippen molar-refractivity contribution in [2.24, 2.45) is 0 Å². The first kappa shape index (κ1) is 12.0. The van der Waals surface area contributed by atoms with E-state index in [0.717, 1.165) is 0 Å². The molecular weight excluding hydrogens is 242 g/mol. The van der Waals surface area contributed by atoms with Gasteiger partial charge in [-0.25, -0.2) is 0 Å². The molecule has 0 unspecified atom stereocenters. The molecule has 0 aliphatic carbocycles. The first-order chi connectivity index (χ1) is 8.62. The largest absolute Gasteiger partial charge is 0.493 e. The second kappa shape index (κ2) is 4.44. The van der Waals surface area contributed by atoms with E-state index in [0.29, 0.717) is 22.6 Å². The molecule has 0 spiro atoms. The van der Waals surface area contributed by atoms with E-state index < -0.39 is 4.92 Å². The zero-order chi connectivity index (χ0) is 13.3. The number of methoxy groups -OCH3 is 3. The third kappa shape index (κ3) is 1.69. The number of furan rings is 1. The highest BCUT2D eigenvalue weighted by Crippen LogP contribution is 2.44. The van der Waals surface area contributed by atoms with Gasteiger partial charge in [-0.15, -0.1) is 0 Å². The lowest BCUT2D eigenvalue weighted by Gasteiger charge is -2.10. The SMILES string of the molecule is COc1cc(OC)c2oc([N+](=O)[O-])cc2c1OC. The minimum absolute atomic E-state index is 0.252. The maximum Gasteiger partial charge on any atom is 0.434 e. The first-order valence-electron chi connectivity index (χ1n) is 4.99. The van der Waals surface area contributed by atoms with Gasteiger partial charge in [0.1, 0.15) is 4.92 Å². The van der Waals surface area contributed by atoms with E-state index in [1.165, 1.54) is 27.4 Å². The molecule has 0 bridgehead atoms. The molecule has 0 aliphatic rings. The van der Waals surface area contributed by atoms with Crippen LogP contribution in [0.5, 0.6) is 17.2 Å². The minimum Gasteiger partial charge on any atom is -0.493 e. The summed E-state index contributed by atoms with van der Waals surface area (Å²) in [5.41, 5.74) is 0.252. The molecule has 0 radical (unpaired) electrons. The van der Waals surface area contributed by atoms with Gasteiger partial charge in [0, 0.05) is 6.07 Å². The number of ether oxygens (including phenoxy) is 3. The third-order valence-electron chi connectivity index (χ3n) is 2.50. The molecule has 7 heteroatoms. The first-order valence-corrected chi connectivity index (χ1v) is 4.99. The van der Waals surface area contributed by atoms with Crippen molar-refractivity contribution in [2.75, 3.05) is 21.3 Å². The summed E-state index contributed by atoms with van der Waals surface area (Å²) in [5, 5.41) is 11.2. The summed E-state index contributed by atoms with van der Waals surface area (Å²) < 4.78 is 20.6. The number of nitro groups is 1. The van der Waals surface area contributed by atoms with Crippen molar-refractivity contribution in [1.82, 2.24) is 0 Å². The summed E-state index contributed by atoms with van der Waals surface area (Å²) in [7, 11) is 4.36. The molecule has 0 saturated carbocycles. The molecule has 1 aromatic heterocycles. The van der Waals surface area contributed by atoms with Gasteiger partial charge in [-0.1, -0.05) is 0 Å². The molecule has 7 nitrogen and oxygen atoms in total. The lowest BCUT2D eigenvalue weighted by molar-refractivity contribution is -0.401. The Balaban J connectivity index is 2.82. The van der Waals surface area contributed by atoms with Crippen molar-refractivity contribution in [2.45, 2.75) is 0 Å². The van der Waals surface area contributed by atoms with E-state index in [-0.39, 0.29) is 11.5 Å². The predicted octanol–water partition coefficient (Wildman–Crippen LogP) is 2.37. The van der Waals surface area contributed by atoms with Gasteiger partial charge in [-0.3, -0.25) is 10.1 Å². The number of hydrogen-bond donors (Lipinski definition) is 0. The van der Waals surface area contributed by atoms with Crippen LogP contribution in [0, 0.1) is 10.1 Å². The molecule has 18 heavy (non-hydrogen) atoms. The maximum atomic E-state index is 10.7. The van der Waals surface area contributed by atoms with Crippen LogP contribution in [0.3, 0.4) is 0 Å². The smallest absolute Gasteiger partial charge is 0.434 e. The van der Waals surface area contributed by atoms with Gasteiger partial charge in [0.25, 0.3) is 0 Å². The minimum atomic E-state index is -0.620. The molecule has 0 aliphatic heterocycles. The Morgan fingerprint density at radius 3 is 2.28 bits per heavy atom. The van der Waals surface area contributed by atoms with Crippen LogP contribution in [0.2, 0.25) is 0 Å². The molecular formula is C11H11NO6. The molecule has 1 aromatic carbocycles. The number of rotatable bonds is 4. The molecule has 0 N–H and O–H groups in total. The average Bonchev–Trinajstić information content (AvgIpc) is 2.81. The Morgan fingerprint density at radius 2 is 1.78 bits per heavy atom. The Kier molecular flexibility index (Phi) is 2.97. The Morgan fingerprint density at radius 1 is 1.11 bits per heavy atom. The highest BCUT2D eigenvalue weighted by molar-refractivity contribution is 5.93. The van der Waals surface area contributed by atoms with Gasteiger partial charge in [-0.2, -0.15) is 0 Å². The van der Waals surface area contributed by atoms with Crippen molar-refractivity contribution in [3.05, 3.63) is 22.2 Å². The van der Waals surface area contributed by atoms with E-state index in [4.69, 9.17) is 18.6 Å². The van der Waals surface area contributed by atoms with Crippen molar-refractivity contribution >= 4 is 16.9 Å². The van der Waals surface area contributed by atoms with Crippen LogP contribution in [0.15, 0.2) is 16.5 Å². The van der Waals surface area contributed by atoms with E-state index >= 15 is 0 Å². The van der Waals surface area contributed by atoms with Crippen LogP contribution < -0.4 is 14.2 Å². The maximum absolute atomic E-state index is 10.7. The highest BCUT2D eigenvalue weighted by atomic mass is 16.6. The number of hydrogen-bond acceptors (Lipinski definition) is 6. The van der Waals surface area contributed by atoms with Gasteiger partial charge in [-0.05, 0) is 0 Å². The molecule has 1 heterocycles. The molecule has 0 fully saturated rings. The molecule has 0 saturated heterocycles. The average molecular weight is 253 g/mol. The second-order valence-electron chi connectivity index (χ2n) is 3.40. The van der Waals surface area contributed by atoms with Crippen LogP contribution in [0.25, 0.3) is 11.0 Å². The number of nitrogens with zero attached hydrogens (tertiary/aromatic N) is 1. The molecule has 0 amide bonds. The number of benzene rings is 1. The van der Waals surface area contributed by atoms with Gasteiger partial charge < -0.3 is 18.6 Å². The molecule has 2 rings (SSSR count). The zero-order valence-electron chi connectivity index (χ0n) is 10.1. The summed E-state index contributed by atoms with van der Waals surface area (Å²) in [6, 6.07) is 2.83. The molecule has 2 aromatic rings. The summed E-state index contributed by atoms with van der Waals surface area (Å²) in [5.74, 6) is 0.744. The lowest BCUT2D eigenvalue weighted by atomic mass is 10.2. The van der Waals surface area contributed by atoms with Gasteiger partial charge in [0.15, 0.2) is 22.8 Å². The van der Waals surface area contributed by atoms with E-state index in [1.54, 1.807) is 6.07 Å². The van der Waals surface area contributed by atoms with E-state index in [1.807, 2.05) is 0 Å². The lowest BCUT2D eigenvalue weighted by Crippen LogP contribution is -1.93. The normalized spacial score (nSPS) is 10.4. The Labute approximate surface area is 102 Å². The second-order valence-corrected chi connectivity index (χ2v) is 3.40. The van der Waals surface area contributed by atoms with E-state index in [2.05, 4.69) is 0 Å². The van der Waals surface area contributed by atoms with Crippen molar-refractivity contribution in [3.8, 4) is 17.2 Å². The Hall–Kier alpha value is -2.44. The van der Waals surface area contributed by atoms with Crippen LogP contribution in [-0.2, 0) is 0 Å². The van der Waals surface area contributed by atoms with Gasteiger partial charge >= 0.3 is 5.88 Å². The predicted molar refractivity (Wildman–Crippen MR) is 62.5 cm³/mol. The van der Waals surface area contributed by atoms with Gasteiger partial charge in [0.2, 0.25) is 0 Å². The van der Waals surface area contributed by atoms with Crippen LogP contribution in [0.1, 0.15) is 0 Å². The fraction of sp³-hybridized carbons (Fsp3) is 0.273. The fourth-order valence-corrected chi connectivity index (χ4v) is 1.72. The van der Waals surface area contributed by atoms with Crippen LogP contribution >= 0.6 is 0 Å². The standard InChI is InChI=1S/C11H11NO6/c1-15-7-5-8(16-2)11-6(10(7)17-3)4-9(18-11)12(13)14/h4-5H,1-3H3. The monoisotopic (exact) mass is 253 g/mol. The quantitative estimate of drug-likeness (QED) is 0.614.